The monoisotopic (exact) mass is 298 g/mol. The number of hydrogen-bond donors (Lipinski definition) is 1. The molecule has 1 aliphatic rings. The fourth-order valence-corrected chi connectivity index (χ4v) is 2.73. The lowest BCUT2D eigenvalue weighted by atomic mass is 10.4. The molecule has 0 saturated carbocycles. The minimum Gasteiger partial charge on any atom is -0.363 e. The molecule has 1 aliphatic heterocycles. The van der Waals surface area contributed by atoms with Crippen LogP contribution in [-0.2, 0) is 19.5 Å². The van der Waals surface area contributed by atoms with Crippen molar-refractivity contribution in [2.24, 2.45) is 0 Å². The lowest BCUT2D eigenvalue weighted by Gasteiger charge is -2.06. The molecule has 0 amide bonds. The summed E-state index contributed by atoms with van der Waals surface area (Å²) in [5, 5.41) is 7.55. The van der Waals surface area contributed by atoms with Gasteiger partial charge in [-0.1, -0.05) is 0 Å². The summed E-state index contributed by atoms with van der Waals surface area (Å²) in [6.07, 6.45) is 7.34. The van der Waals surface area contributed by atoms with Crippen LogP contribution in [0.4, 0.5) is 10.2 Å². The summed E-state index contributed by atoms with van der Waals surface area (Å²) < 4.78 is 17.4. The Morgan fingerprint density at radius 2 is 2.23 bits per heavy atom. The van der Waals surface area contributed by atoms with Crippen molar-refractivity contribution in [3.8, 4) is 5.82 Å². The average Bonchev–Trinajstić information content (AvgIpc) is 3.23. The van der Waals surface area contributed by atoms with Gasteiger partial charge in [0.15, 0.2) is 11.6 Å². The number of halogens is 1. The first kappa shape index (κ1) is 13.0. The highest BCUT2D eigenvalue weighted by atomic mass is 19.1. The van der Waals surface area contributed by atoms with E-state index in [0.29, 0.717) is 12.4 Å². The number of fused-ring (bicyclic) bond motifs is 1. The maximum absolute atomic E-state index is 13.7. The van der Waals surface area contributed by atoms with Crippen molar-refractivity contribution in [3.05, 3.63) is 54.1 Å². The number of aromatic nitrogens is 5. The minimum atomic E-state index is -0.397. The predicted molar refractivity (Wildman–Crippen MR) is 79.2 cm³/mol. The molecule has 0 saturated heterocycles. The summed E-state index contributed by atoms with van der Waals surface area (Å²) in [6, 6.07) is 4.73. The zero-order valence-electron chi connectivity index (χ0n) is 11.9. The van der Waals surface area contributed by atoms with Crippen LogP contribution in [-0.4, -0.2) is 24.3 Å². The summed E-state index contributed by atoms with van der Waals surface area (Å²) in [6.45, 7) is 1.68. The quantitative estimate of drug-likeness (QED) is 0.802. The zero-order valence-corrected chi connectivity index (χ0v) is 11.9. The lowest BCUT2D eigenvalue weighted by Crippen LogP contribution is -2.07. The van der Waals surface area contributed by atoms with E-state index in [9.17, 15) is 4.39 Å². The summed E-state index contributed by atoms with van der Waals surface area (Å²) in [7, 11) is 0. The number of rotatable bonds is 4. The average molecular weight is 298 g/mol. The Balaban J connectivity index is 1.49. The smallest absolute Gasteiger partial charge is 0.189 e. The first-order valence-corrected chi connectivity index (χ1v) is 7.25. The molecule has 0 unspecified atom stereocenters. The molecule has 0 aromatic carbocycles. The van der Waals surface area contributed by atoms with Crippen LogP contribution >= 0.6 is 0 Å². The van der Waals surface area contributed by atoms with Gasteiger partial charge in [-0.25, -0.2) is 19.0 Å². The van der Waals surface area contributed by atoms with Gasteiger partial charge in [0.05, 0.1) is 18.4 Å². The standard InChI is InChI=1S/C15H15FN6/c16-12-3-1-6-17-15(12)22-8-5-13(20-22)18-9-11-10-19-14-4-2-7-21(11)14/h1,3,5-6,8,10H,2,4,7,9H2,(H,18,20). The number of anilines is 1. The summed E-state index contributed by atoms with van der Waals surface area (Å²) >= 11 is 0. The molecule has 4 rings (SSSR count). The van der Waals surface area contributed by atoms with Gasteiger partial charge in [-0.2, -0.15) is 0 Å². The zero-order chi connectivity index (χ0) is 14.9. The maximum Gasteiger partial charge on any atom is 0.189 e. The molecule has 3 aromatic heterocycles. The van der Waals surface area contributed by atoms with Gasteiger partial charge in [0, 0.05) is 31.4 Å². The van der Waals surface area contributed by atoms with Crippen molar-refractivity contribution in [1.82, 2.24) is 24.3 Å². The second-order valence-electron chi connectivity index (χ2n) is 5.23. The van der Waals surface area contributed by atoms with Crippen molar-refractivity contribution in [1.29, 1.82) is 0 Å². The molecule has 0 atom stereocenters. The molecule has 1 N–H and O–H groups in total. The Hall–Kier alpha value is -2.70. The molecular formula is C15H15FN6. The molecule has 0 radical (unpaired) electrons. The molecule has 22 heavy (non-hydrogen) atoms. The van der Waals surface area contributed by atoms with Crippen molar-refractivity contribution in [2.45, 2.75) is 25.9 Å². The normalized spacial score (nSPS) is 13.3. The third-order valence-corrected chi connectivity index (χ3v) is 3.80. The van der Waals surface area contributed by atoms with Crippen LogP contribution in [0.5, 0.6) is 0 Å². The molecule has 3 aromatic rings. The molecule has 6 nitrogen and oxygen atoms in total. The van der Waals surface area contributed by atoms with Gasteiger partial charge in [0.1, 0.15) is 11.6 Å². The van der Waals surface area contributed by atoms with E-state index in [0.717, 1.165) is 30.9 Å². The fraction of sp³-hybridized carbons (Fsp3) is 0.267. The van der Waals surface area contributed by atoms with Crippen molar-refractivity contribution in [2.75, 3.05) is 5.32 Å². The first-order valence-electron chi connectivity index (χ1n) is 7.25. The van der Waals surface area contributed by atoms with E-state index in [4.69, 9.17) is 0 Å². The summed E-state index contributed by atoms with van der Waals surface area (Å²) in [5.41, 5.74) is 1.14. The van der Waals surface area contributed by atoms with E-state index in [2.05, 4.69) is 25.0 Å². The third kappa shape index (κ3) is 2.24. The number of nitrogens with zero attached hydrogens (tertiary/aromatic N) is 5. The Bertz CT molecular complexity index is 806. The second-order valence-corrected chi connectivity index (χ2v) is 5.23. The highest BCUT2D eigenvalue weighted by Crippen LogP contribution is 2.17. The minimum absolute atomic E-state index is 0.195. The fourth-order valence-electron chi connectivity index (χ4n) is 2.73. The SMILES string of the molecule is Fc1cccnc1-n1ccc(NCc2cnc3n2CCC3)n1. The van der Waals surface area contributed by atoms with Crippen molar-refractivity contribution >= 4 is 5.82 Å². The van der Waals surface area contributed by atoms with Crippen LogP contribution in [0.3, 0.4) is 0 Å². The molecule has 0 fully saturated rings. The molecular weight excluding hydrogens is 283 g/mol. The Kier molecular flexibility index (Phi) is 3.10. The van der Waals surface area contributed by atoms with Crippen LogP contribution in [0.25, 0.3) is 5.82 Å². The topological polar surface area (TPSA) is 60.6 Å². The van der Waals surface area contributed by atoms with Crippen LogP contribution in [0.1, 0.15) is 17.9 Å². The molecule has 112 valence electrons. The van der Waals surface area contributed by atoms with Crippen molar-refractivity contribution in [3.63, 3.8) is 0 Å². The largest absolute Gasteiger partial charge is 0.363 e. The predicted octanol–water partition coefficient (Wildman–Crippen LogP) is 2.16. The summed E-state index contributed by atoms with van der Waals surface area (Å²) in [5.74, 6) is 1.63. The first-order chi connectivity index (χ1) is 10.8. The lowest BCUT2D eigenvalue weighted by molar-refractivity contribution is 0.601. The summed E-state index contributed by atoms with van der Waals surface area (Å²) in [4.78, 5) is 8.41. The van der Waals surface area contributed by atoms with Gasteiger partial charge in [-0.05, 0) is 18.6 Å². The van der Waals surface area contributed by atoms with Crippen molar-refractivity contribution < 1.29 is 4.39 Å². The van der Waals surface area contributed by atoms with E-state index in [1.54, 1.807) is 24.5 Å². The Morgan fingerprint density at radius 3 is 3.14 bits per heavy atom. The van der Waals surface area contributed by atoms with Crippen LogP contribution in [0.15, 0.2) is 36.8 Å². The third-order valence-electron chi connectivity index (χ3n) is 3.80. The Labute approximate surface area is 126 Å². The molecule has 4 heterocycles. The Morgan fingerprint density at radius 1 is 1.27 bits per heavy atom. The van der Waals surface area contributed by atoms with Gasteiger partial charge in [0.25, 0.3) is 0 Å². The number of aryl methyl sites for hydroxylation is 1. The highest BCUT2D eigenvalue weighted by molar-refractivity contribution is 5.36. The number of imidazole rings is 1. The maximum atomic E-state index is 13.7. The van der Waals surface area contributed by atoms with Crippen LogP contribution in [0.2, 0.25) is 0 Å². The van der Waals surface area contributed by atoms with Gasteiger partial charge in [0.2, 0.25) is 0 Å². The van der Waals surface area contributed by atoms with E-state index >= 15 is 0 Å². The van der Waals surface area contributed by atoms with E-state index in [1.807, 2.05) is 6.20 Å². The molecule has 0 aliphatic carbocycles. The highest BCUT2D eigenvalue weighted by Gasteiger charge is 2.15. The van der Waals surface area contributed by atoms with Crippen LogP contribution < -0.4 is 5.32 Å². The molecule has 0 bridgehead atoms. The second kappa shape index (κ2) is 5.25. The van der Waals surface area contributed by atoms with E-state index in [-0.39, 0.29) is 5.82 Å². The van der Waals surface area contributed by atoms with Gasteiger partial charge in [-0.15, -0.1) is 5.10 Å². The van der Waals surface area contributed by atoms with Gasteiger partial charge in [-0.3, -0.25) is 0 Å². The van der Waals surface area contributed by atoms with Gasteiger partial charge >= 0.3 is 0 Å². The molecule has 7 heteroatoms. The number of nitrogens with one attached hydrogen (secondary N) is 1. The number of pyridine rings is 1. The van der Waals surface area contributed by atoms with Crippen LogP contribution in [0, 0.1) is 5.82 Å². The van der Waals surface area contributed by atoms with E-state index in [1.165, 1.54) is 10.7 Å². The van der Waals surface area contributed by atoms with E-state index < -0.39 is 5.82 Å². The van der Waals surface area contributed by atoms with Gasteiger partial charge < -0.3 is 9.88 Å². The molecule has 0 spiro atoms. The number of hydrogen-bond acceptors (Lipinski definition) is 4.